The molecule has 1 aliphatic heterocycles. The summed E-state index contributed by atoms with van der Waals surface area (Å²) < 4.78 is 1.72. The zero-order chi connectivity index (χ0) is 18.9. The maximum Gasteiger partial charge on any atom is 0.264 e. The lowest BCUT2D eigenvalue weighted by Crippen LogP contribution is -2.58. The topological polar surface area (TPSA) is 70.5 Å². The molecule has 0 bridgehead atoms. The number of likely N-dealkylation sites (tertiary alicyclic amines) is 1. The highest BCUT2D eigenvalue weighted by molar-refractivity contribution is 7.12. The summed E-state index contributed by atoms with van der Waals surface area (Å²) >= 11 is 1.47. The van der Waals surface area contributed by atoms with E-state index in [1.54, 1.807) is 29.9 Å². The molecule has 0 saturated carbocycles. The molecule has 7 nitrogen and oxygen atoms in total. The molecule has 3 rings (SSSR count). The van der Waals surface area contributed by atoms with Crippen molar-refractivity contribution in [2.45, 2.75) is 25.3 Å². The molecule has 1 saturated heterocycles. The van der Waals surface area contributed by atoms with Crippen molar-refractivity contribution in [3.63, 3.8) is 0 Å². The van der Waals surface area contributed by atoms with Crippen LogP contribution in [0.5, 0.6) is 0 Å². The smallest absolute Gasteiger partial charge is 0.264 e. The Morgan fingerprint density at radius 1 is 1.27 bits per heavy atom. The third kappa shape index (κ3) is 3.33. The number of thiophene rings is 1. The van der Waals surface area contributed by atoms with Crippen molar-refractivity contribution in [1.82, 2.24) is 19.6 Å². The number of rotatable bonds is 4. The first-order chi connectivity index (χ1) is 12.3. The first kappa shape index (κ1) is 18.4. The van der Waals surface area contributed by atoms with Gasteiger partial charge in [0.1, 0.15) is 11.4 Å². The highest BCUT2D eigenvalue weighted by Gasteiger charge is 2.44. The number of piperidine rings is 1. The fourth-order valence-corrected chi connectivity index (χ4v) is 4.28. The largest absolute Gasteiger partial charge is 0.356 e. The standard InChI is InChI=1S/C18H25N5O2S/c1-13-6-12-26-15(13)16(24)23-10-7-18(8-11-23,17(25)21(2)3)20-14-5-9-19-22(14)4/h5-6,9,12,20H,7-8,10-11H2,1-4H3. The minimum absolute atomic E-state index is 0.0260. The summed E-state index contributed by atoms with van der Waals surface area (Å²) in [5, 5.41) is 9.51. The molecule has 3 heterocycles. The van der Waals surface area contributed by atoms with Crippen LogP contribution in [0.1, 0.15) is 28.1 Å². The first-order valence-electron chi connectivity index (χ1n) is 8.65. The monoisotopic (exact) mass is 375 g/mol. The number of hydrogen-bond acceptors (Lipinski definition) is 5. The molecule has 0 unspecified atom stereocenters. The Bertz CT molecular complexity index is 802. The van der Waals surface area contributed by atoms with Crippen molar-refractivity contribution in [1.29, 1.82) is 0 Å². The Labute approximate surface area is 157 Å². The van der Waals surface area contributed by atoms with Gasteiger partial charge in [0.25, 0.3) is 5.91 Å². The van der Waals surface area contributed by atoms with E-state index in [9.17, 15) is 9.59 Å². The van der Waals surface area contributed by atoms with Crippen LogP contribution in [0.15, 0.2) is 23.7 Å². The number of nitrogens with zero attached hydrogens (tertiary/aromatic N) is 4. The van der Waals surface area contributed by atoms with Gasteiger partial charge in [-0.3, -0.25) is 14.3 Å². The second-order valence-corrected chi connectivity index (χ2v) is 7.89. The molecule has 2 amide bonds. The lowest BCUT2D eigenvalue weighted by molar-refractivity contribution is -0.135. The van der Waals surface area contributed by atoms with Crippen LogP contribution in [0.3, 0.4) is 0 Å². The van der Waals surface area contributed by atoms with Crippen molar-refractivity contribution in [2.24, 2.45) is 7.05 Å². The molecule has 1 aliphatic rings. The van der Waals surface area contributed by atoms with E-state index in [2.05, 4.69) is 10.4 Å². The Morgan fingerprint density at radius 3 is 2.46 bits per heavy atom. The van der Waals surface area contributed by atoms with E-state index in [0.29, 0.717) is 25.9 Å². The zero-order valence-corrected chi connectivity index (χ0v) is 16.5. The van der Waals surface area contributed by atoms with Crippen LogP contribution in [0.2, 0.25) is 0 Å². The molecule has 1 N–H and O–H groups in total. The van der Waals surface area contributed by atoms with Gasteiger partial charge in [0.15, 0.2) is 0 Å². The summed E-state index contributed by atoms with van der Waals surface area (Å²) in [6, 6.07) is 3.82. The van der Waals surface area contributed by atoms with Gasteiger partial charge in [0.2, 0.25) is 5.91 Å². The van der Waals surface area contributed by atoms with Crippen LogP contribution in [-0.2, 0) is 11.8 Å². The van der Waals surface area contributed by atoms with Crippen LogP contribution >= 0.6 is 11.3 Å². The summed E-state index contributed by atoms with van der Waals surface area (Å²) in [5.74, 6) is 0.885. The summed E-state index contributed by atoms with van der Waals surface area (Å²) in [7, 11) is 5.37. The number of hydrogen-bond donors (Lipinski definition) is 1. The Balaban J connectivity index is 1.79. The van der Waals surface area contributed by atoms with Gasteiger partial charge in [-0.2, -0.15) is 5.10 Å². The number of carbonyl (C=O) groups excluding carboxylic acids is 2. The number of aryl methyl sites for hydroxylation is 2. The predicted octanol–water partition coefficient (Wildman–Crippen LogP) is 1.97. The minimum Gasteiger partial charge on any atom is -0.356 e. The summed E-state index contributed by atoms with van der Waals surface area (Å²) in [6.07, 6.45) is 2.82. The van der Waals surface area contributed by atoms with Crippen LogP contribution in [0, 0.1) is 6.92 Å². The van der Waals surface area contributed by atoms with Gasteiger partial charge in [-0.05, 0) is 36.8 Å². The SMILES string of the molecule is Cc1ccsc1C(=O)N1CCC(Nc2ccnn2C)(C(=O)N(C)C)CC1. The molecule has 8 heteroatoms. The van der Waals surface area contributed by atoms with Gasteiger partial charge in [0.05, 0.1) is 11.1 Å². The van der Waals surface area contributed by atoms with Gasteiger partial charge in [-0.25, -0.2) is 0 Å². The van der Waals surface area contributed by atoms with Gasteiger partial charge in [-0.15, -0.1) is 11.3 Å². The van der Waals surface area contributed by atoms with Crippen LogP contribution in [-0.4, -0.2) is 64.1 Å². The Kier molecular flexibility index (Phi) is 5.04. The summed E-state index contributed by atoms with van der Waals surface area (Å²) in [6.45, 7) is 3.04. The second kappa shape index (κ2) is 7.11. The number of likely N-dealkylation sites (N-methyl/N-ethyl adjacent to an activating group) is 1. The fourth-order valence-electron chi connectivity index (χ4n) is 3.39. The number of anilines is 1. The molecule has 0 spiro atoms. The number of carbonyl (C=O) groups is 2. The highest BCUT2D eigenvalue weighted by atomic mass is 32.1. The number of amides is 2. The average molecular weight is 375 g/mol. The molecule has 0 atom stereocenters. The Morgan fingerprint density at radius 2 is 1.96 bits per heavy atom. The third-order valence-electron chi connectivity index (χ3n) is 4.96. The van der Waals surface area contributed by atoms with E-state index in [1.807, 2.05) is 36.4 Å². The molecular weight excluding hydrogens is 350 g/mol. The molecule has 0 radical (unpaired) electrons. The average Bonchev–Trinajstić information content (AvgIpc) is 3.22. The number of aromatic nitrogens is 2. The van der Waals surface area contributed by atoms with E-state index in [1.165, 1.54) is 11.3 Å². The van der Waals surface area contributed by atoms with E-state index < -0.39 is 5.54 Å². The first-order valence-corrected chi connectivity index (χ1v) is 9.53. The van der Waals surface area contributed by atoms with Crippen LogP contribution < -0.4 is 5.32 Å². The minimum atomic E-state index is -0.724. The summed E-state index contributed by atoms with van der Waals surface area (Å²) in [4.78, 5) is 30.0. The van der Waals surface area contributed by atoms with Crippen molar-refractivity contribution in [3.8, 4) is 0 Å². The highest BCUT2D eigenvalue weighted by Crippen LogP contribution is 2.30. The molecule has 1 fully saturated rings. The normalized spacial score (nSPS) is 16.4. The zero-order valence-electron chi connectivity index (χ0n) is 15.7. The lowest BCUT2D eigenvalue weighted by Gasteiger charge is -2.42. The quantitative estimate of drug-likeness (QED) is 0.887. The lowest BCUT2D eigenvalue weighted by atomic mass is 9.85. The third-order valence-corrected chi connectivity index (χ3v) is 5.97. The van der Waals surface area contributed by atoms with Gasteiger partial charge in [-0.1, -0.05) is 0 Å². The van der Waals surface area contributed by atoms with Gasteiger partial charge in [0, 0.05) is 40.3 Å². The second-order valence-electron chi connectivity index (χ2n) is 6.97. The molecule has 0 aliphatic carbocycles. The predicted molar refractivity (Wildman–Crippen MR) is 102 cm³/mol. The summed E-state index contributed by atoms with van der Waals surface area (Å²) in [5.41, 5.74) is 0.285. The van der Waals surface area contributed by atoms with Crippen LogP contribution in [0.4, 0.5) is 5.82 Å². The van der Waals surface area contributed by atoms with E-state index in [0.717, 1.165) is 16.3 Å². The molecule has 26 heavy (non-hydrogen) atoms. The fraction of sp³-hybridized carbons (Fsp3) is 0.500. The molecule has 2 aromatic heterocycles. The molecule has 0 aromatic carbocycles. The maximum absolute atomic E-state index is 12.9. The Hall–Kier alpha value is -2.35. The van der Waals surface area contributed by atoms with E-state index in [4.69, 9.17) is 0 Å². The molecule has 2 aromatic rings. The number of nitrogens with one attached hydrogen (secondary N) is 1. The van der Waals surface area contributed by atoms with Crippen LogP contribution in [0.25, 0.3) is 0 Å². The van der Waals surface area contributed by atoms with Crippen molar-refractivity contribution >= 4 is 29.0 Å². The maximum atomic E-state index is 12.9. The molecular formula is C18H25N5O2S. The van der Waals surface area contributed by atoms with E-state index >= 15 is 0 Å². The van der Waals surface area contributed by atoms with Gasteiger partial charge < -0.3 is 15.1 Å². The van der Waals surface area contributed by atoms with E-state index in [-0.39, 0.29) is 11.8 Å². The van der Waals surface area contributed by atoms with Crippen molar-refractivity contribution < 1.29 is 9.59 Å². The van der Waals surface area contributed by atoms with Crippen molar-refractivity contribution in [2.75, 3.05) is 32.5 Å². The van der Waals surface area contributed by atoms with Gasteiger partial charge >= 0.3 is 0 Å². The van der Waals surface area contributed by atoms with Crippen molar-refractivity contribution in [3.05, 3.63) is 34.2 Å². The molecule has 140 valence electrons.